The van der Waals surface area contributed by atoms with Crippen molar-refractivity contribution >= 4 is 23.2 Å². The van der Waals surface area contributed by atoms with Crippen LogP contribution in [0, 0.1) is 0 Å². The van der Waals surface area contributed by atoms with Gasteiger partial charge in [0.25, 0.3) is 0 Å². The quantitative estimate of drug-likeness (QED) is 0.470. The lowest BCUT2D eigenvalue weighted by atomic mass is 10.0. The van der Waals surface area contributed by atoms with Gasteiger partial charge in [0.05, 0.1) is 4.88 Å². The maximum absolute atomic E-state index is 12.4. The van der Waals surface area contributed by atoms with Crippen LogP contribution in [0.25, 0.3) is 17.2 Å². The van der Waals surface area contributed by atoms with Gasteiger partial charge < -0.3 is 0 Å². The van der Waals surface area contributed by atoms with Crippen molar-refractivity contribution in [2.24, 2.45) is 0 Å². The predicted octanol–water partition coefficient (Wildman–Crippen LogP) is 5.31. The first-order chi connectivity index (χ1) is 10.3. The van der Waals surface area contributed by atoms with Crippen LogP contribution in [0.15, 0.2) is 78.2 Å². The average Bonchev–Trinajstić information content (AvgIpc) is 3.04. The summed E-state index contributed by atoms with van der Waals surface area (Å²) in [7, 11) is 0. The second-order valence-corrected chi connectivity index (χ2v) is 5.55. The van der Waals surface area contributed by atoms with Crippen molar-refractivity contribution in [3.63, 3.8) is 0 Å². The summed E-state index contributed by atoms with van der Waals surface area (Å²) >= 11 is 1.49. The molecule has 0 spiro atoms. The zero-order valence-corrected chi connectivity index (χ0v) is 12.2. The van der Waals surface area contributed by atoms with Gasteiger partial charge in [-0.1, -0.05) is 66.7 Å². The van der Waals surface area contributed by atoms with E-state index in [4.69, 9.17) is 0 Å². The number of thiophene rings is 1. The lowest BCUT2D eigenvalue weighted by Gasteiger charge is -2.01. The van der Waals surface area contributed by atoms with Crippen molar-refractivity contribution in [2.75, 3.05) is 0 Å². The summed E-state index contributed by atoms with van der Waals surface area (Å²) in [5.41, 5.74) is 3.11. The Balaban J connectivity index is 1.87. The van der Waals surface area contributed by atoms with E-state index in [0.29, 0.717) is 0 Å². The number of benzene rings is 2. The number of rotatable bonds is 4. The third-order valence-corrected chi connectivity index (χ3v) is 4.13. The van der Waals surface area contributed by atoms with Gasteiger partial charge in [-0.25, -0.2) is 0 Å². The van der Waals surface area contributed by atoms with E-state index in [-0.39, 0.29) is 5.78 Å². The van der Waals surface area contributed by atoms with Crippen LogP contribution in [-0.4, -0.2) is 5.78 Å². The molecule has 0 aliphatic heterocycles. The van der Waals surface area contributed by atoms with Gasteiger partial charge in [-0.15, -0.1) is 11.3 Å². The van der Waals surface area contributed by atoms with E-state index < -0.39 is 0 Å². The monoisotopic (exact) mass is 290 g/mol. The van der Waals surface area contributed by atoms with E-state index >= 15 is 0 Å². The van der Waals surface area contributed by atoms with Crippen molar-refractivity contribution in [3.8, 4) is 11.1 Å². The number of hydrogen-bond acceptors (Lipinski definition) is 2. The molecule has 3 aromatic rings. The van der Waals surface area contributed by atoms with Gasteiger partial charge in [0, 0.05) is 5.56 Å². The van der Waals surface area contributed by atoms with Crippen molar-refractivity contribution in [3.05, 3.63) is 88.6 Å². The van der Waals surface area contributed by atoms with Gasteiger partial charge >= 0.3 is 0 Å². The summed E-state index contributed by atoms with van der Waals surface area (Å²) in [4.78, 5) is 13.2. The van der Waals surface area contributed by atoms with Gasteiger partial charge in [-0.3, -0.25) is 4.79 Å². The average molecular weight is 290 g/mol. The van der Waals surface area contributed by atoms with Crippen molar-refractivity contribution in [2.45, 2.75) is 0 Å². The van der Waals surface area contributed by atoms with E-state index in [1.807, 2.05) is 78.2 Å². The zero-order valence-electron chi connectivity index (χ0n) is 11.4. The smallest absolute Gasteiger partial charge is 0.196 e. The van der Waals surface area contributed by atoms with Crippen LogP contribution in [0.5, 0.6) is 0 Å². The van der Waals surface area contributed by atoms with E-state index in [1.165, 1.54) is 11.3 Å². The molecule has 0 bridgehead atoms. The predicted molar refractivity (Wildman–Crippen MR) is 89.6 cm³/mol. The number of carbonyl (C=O) groups is 1. The zero-order chi connectivity index (χ0) is 14.5. The molecule has 0 saturated carbocycles. The first-order valence-electron chi connectivity index (χ1n) is 6.75. The molecular formula is C19H14OS. The summed E-state index contributed by atoms with van der Waals surface area (Å²) in [6, 6.07) is 21.9. The molecule has 0 aliphatic rings. The summed E-state index contributed by atoms with van der Waals surface area (Å²) < 4.78 is 0. The fourth-order valence-corrected chi connectivity index (χ4v) is 2.99. The molecule has 1 aromatic heterocycles. The molecule has 0 aliphatic carbocycles. The summed E-state index contributed by atoms with van der Waals surface area (Å²) in [5, 5.41) is 1.96. The van der Waals surface area contributed by atoms with Crippen LogP contribution in [0.2, 0.25) is 0 Å². The topological polar surface area (TPSA) is 17.1 Å². The van der Waals surface area contributed by atoms with Crippen LogP contribution < -0.4 is 0 Å². The molecule has 2 aromatic carbocycles. The Bertz CT molecular complexity index is 755. The molecule has 0 atom stereocenters. The van der Waals surface area contributed by atoms with Crippen LogP contribution in [0.1, 0.15) is 15.2 Å². The largest absolute Gasteiger partial charge is 0.288 e. The molecule has 0 unspecified atom stereocenters. The molecule has 3 rings (SSSR count). The standard InChI is InChI=1S/C19H14OS/c20-18(12-11-15-7-3-1-4-8-15)19-17(13-14-21-19)16-9-5-2-6-10-16/h1-14H. The first-order valence-corrected chi connectivity index (χ1v) is 7.63. The Morgan fingerprint density at radius 3 is 2.24 bits per heavy atom. The Hall–Kier alpha value is -2.45. The Morgan fingerprint density at radius 2 is 1.52 bits per heavy atom. The van der Waals surface area contributed by atoms with Gasteiger partial charge in [0.1, 0.15) is 0 Å². The summed E-state index contributed by atoms with van der Waals surface area (Å²) in [6.45, 7) is 0. The summed E-state index contributed by atoms with van der Waals surface area (Å²) in [5.74, 6) is 0.0488. The molecule has 2 heteroatoms. The third-order valence-electron chi connectivity index (χ3n) is 3.20. The maximum Gasteiger partial charge on any atom is 0.196 e. The highest BCUT2D eigenvalue weighted by molar-refractivity contribution is 7.12. The fraction of sp³-hybridized carbons (Fsp3) is 0. The van der Waals surface area contributed by atoms with Crippen LogP contribution >= 0.6 is 11.3 Å². The molecule has 21 heavy (non-hydrogen) atoms. The first kappa shape index (κ1) is 13.5. The Morgan fingerprint density at radius 1 is 0.857 bits per heavy atom. The third kappa shape index (κ3) is 3.18. The molecule has 0 amide bonds. The lowest BCUT2D eigenvalue weighted by Crippen LogP contribution is -1.92. The molecule has 0 fully saturated rings. The molecule has 102 valence electrons. The minimum atomic E-state index is 0.0488. The van der Waals surface area contributed by atoms with E-state index in [0.717, 1.165) is 21.6 Å². The van der Waals surface area contributed by atoms with Gasteiger partial charge in [-0.2, -0.15) is 0 Å². The number of ketones is 1. The number of hydrogen-bond donors (Lipinski definition) is 0. The molecule has 0 N–H and O–H groups in total. The van der Waals surface area contributed by atoms with Gasteiger partial charge in [-0.05, 0) is 28.6 Å². The van der Waals surface area contributed by atoms with Gasteiger partial charge in [0.2, 0.25) is 0 Å². The second kappa shape index (κ2) is 6.33. The lowest BCUT2D eigenvalue weighted by molar-refractivity contribution is 0.105. The highest BCUT2D eigenvalue weighted by Gasteiger charge is 2.11. The van der Waals surface area contributed by atoms with E-state index in [1.54, 1.807) is 6.08 Å². The van der Waals surface area contributed by atoms with Crippen LogP contribution in [-0.2, 0) is 0 Å². The molecule has 1 heterocycles. The normalized spacial score (nSPS) is 10.9. The molecule has 0 saturated heterocycles. The molecular weight excluding hydrogens is 276 g/mol. The van der Waals surface area contributed by atoms with Crippen molar-refractivity contribution < 1.29 is 4.79 Å². The van der Waals surface area contributed by atoms with Crippen molar-refractivity contribution in [1.29, 1.82) is 0 Å². The minimum absolute atomic E-state index is 0.0488. The molecule has 0 radical (unpaired) electrons. The van der Waals surface area contributed by atoms with Crippen molar-refractivity contribution in [1.82, 2.24) is 0 Å². The number of allylic oxidation sites excluding steroid dienone is 1. The Kier molecular flexibility index (Phi) is 4.08. The summed E-state index contributed by atoms with van der Waals surface area (Å²) in [6.07, 6.45) is 3.50. The second-order valence-electron chi connectivity index (χ2n) is 4.64. The highest BCUT2D eigenvalue weighted by Crippen LogP contribution is 2.28. The highest BCUT2D eigenvalue weighted by atomic mass is 32.1. The fourth-order valence-electron chi connectivity index (χ4n) is 2.16. The number of carbonyl (C=O) groups excluding carboxylic acids is 1. The minimum Gasteiger partial charge on any atom is -0.288 e. The Labute approximate surface area is 128 Å². The molecule has 1 nitrogen and oxygen atoms in total. The van der Waals surface area contributed by atoms with Crippen LogP contribution in [0.3, 0.4) is 0 Å². The SMILES string of the molecule is O=C(C=Cc1ccccc1)c1sccc1-c1ccccc1. The van der Waals surface area contributed by atoms with E-state index in [2.05, 4.69) is 0 Å². The van der Waals surface area contributed by atoms with Gasteiger partial charge in [0.15, 0.2) is 5.78 Å². The van der Waals surface area contributed by atoms with E-state index in [9.17, 15) is 4.79 Å². The van der Waals surface area contributed by atoms with Crippen LogP contribution in [0.4, 0.5) is 0 Å². The maximum atomic E-state index is 12.4.